The van der Waals surface area contributed by atoms with Crippen LogP contribution in [0.15, 0.2) is 82.3 Å². The topological polar surface area (TPSA) is 63.3 Å². The van der Waals surface area contributed by atoms with Crippen molar-refractivity contribution in [1.82, 2.24) is 4.98 Å². The monoisotopic (exact) mass is 907 g/mol. The van der Waals surface area contributed by atoms with Crippen molar-refractivity contribution < 1.29 is 34.4 Å². The first-order chi connectivity index (χ1) is 24.8. The fraction of sp³-hybridized carbons (Fsp3) is 0.404. The minimum absolute atomic E-state index is 0. The molecule has 0 aliphatic heterocycles. The number of fused-ring (bicyclic) bond motifs is 3. The number of benzene rings is 3. The average molecular weight is 907 g/mol. The van der Waals surface area contributed by atoms with Crippen LogP contribution in [0.25, 0.3) is 54.3 Å². The Balaban J connectivity index is 0.000000335. The number of aryl methyl sites for hydroxylation is 1. The number of aliphatic hydroxyl groups is 1. The van der Waals surface area contributed by atoms with Crippen molar-refractivity contribution in [1.29, 1.82) is 0 Å². The Morgan fingerprint density at radius 2 is 1.60 bits per heavy atom. The van der Waals surface area contributed by atoms with E-state index in [9.17, 15) is 9.90 Å². The summed E-state index contributed by atoms with van der Waals surface area (Å²) in [6, 6.07) is 25.5. The summed E-state index contributed by atoms with van der Waals surface area (Å²) in [4.78, 5) is 16.8. The van der Waals surface area contributed by atoms with E-state index in [0.29, 0.717) is 5.92 Å². The maximum Gasteiger partial charge on any atom is 0.162 e. The Hall–Kier alpha value is -3.57. The van der Waals surface area contributed by atoms with E-state index in [2.05, 4.69) is 114 Å². The minimum atomic E-state index is 0. The number of aromatic nitrogens is 1. The molecule has 0 saturated carbocycles. The summed E-state index contributed by atoms with van der Waals surface area (Å²) in [5.74, 6) is 2.16. The van der Waals surface area contributed by atoms with Gasteiger partial charge in [0.1, 0.15) is 11.3 Å². The van der Waals surface area contributed by atoms with Crippen molar-refractivity contribution in [3.05, 3.63) is 101 Å². The van der Waals surface area contributed by atoms with Gasteiger partial charge in [0.25, 0.3) is 0 Å². The van der Waals surface area contributed by atoms with E-state index in [4.69, 9.17) is 9.40 Å². The van der Waals surface area contributed by atoms with Gasteiger partial charge in [-0.2, -0.15) is 0 Å². The molecule has 0 amide bonds. The van der Waals surface area contributed by atoms with Crippen LogP contribution >= 0.6 is 11.3 Å². The maximum absolute atomic E-state index is 11.7. The minimum Gasteiger partial charge on any atom is -0.512 e. The van der Waals surface area contributed by atoms with Gasteiger partial charge in [0.05, 0.1) is 16.0 Å². The summed E-state index contributed by atoms with van der Waals surface area (Å²) < 4.78 is 7.45. The number of thiophene rings is 1. The fourth-order valence-electron chi connectivity index (χ4n) is 7.18. The van der Waals surface area contributed by atoms with Gasteiger partial charge in [0, 0.05) is 54.7 Å². The van der Waals surface area contributed by atoms with Crippen LogP contribution in [0.1, 0.15) is 105 Å². The first kappa shape index (κ1) is 42.2. The van der Waals surface area contributed by atoms with Gasteiger partial charge >= 0.3 is 0 Å². The summed E-state index contributed by atoms with van der Waals surface area (Å²) >= 11 is 1.74. The molecule has 0 fully saturated rings. The van der Waals surface area contributed by atoms with Gasteiger partial charge in [0.15, 0.2) is 5.78 Å². The van der Waals surface area contributed by atoms with Crippen LogP contribution in [-0.4, -0.2) is 15.9 Å². The number of hydrogen-bond acceptors (Lipinski definition) is 5. The van der Waals surface area contributed by atoms with Crippen LogP contribution in [0, 0.1) is 30.7 Å². The fourth-order valence-corrected chi connectivity index (χ4v) is 8.05. The molecule has 3 aromatic heterocycles. The smallest absolute Gasteiger partial charge is 0.162 e. The normalized spacial score (nSPS) is 12.2. The van der Waals surface area contributed by atoms with E-state index in [1.54, 1.807) is 11.3 Å². The van der Waals surface area contributed by atoms with Crippen molar-refractivity contribution in [2.45, 2.75) is 107 Å². The number of carbonyl (C=O) groups excluding carboxylic acids is 1. The van der Waals surface area contributed by atoms with Gasteiger partial charge in [0.2, 0.25) is 0 Å². The number of allylic oxidation sites excluding steroid dienone is 2. The number of nitrogens with zero attached hydrogens (tertiary/aromatic N) is 1. The first-order valence-electron chi connectivity index (χ1n) is 19.1. The van der Waals surface area contributed by atoms with Crippen LogP contribution in [0.5, 0.6) is 0 Å². The van der Waals surface area contributed by atoms with Crippen molar-refractivity contribution in [2.24, 2.45) is 17.8 Å². The van der Waals surface area contributed by atoms with Gasteiger partial charge in [-0.05, 0) is 79.0 Å². The van der Waals surface area contributed by atoms with E-state index >= 15 is 0 Å². The zero-order chi connectivity index (χ0) is 37.7. The number of aliphatic hydroxyl groups excluding tert-OH is 1. The third-order valence-electron chi connectivity index (χ3n) is 10.3. The molecule has 3 heterocycles. The zero-order valence-corrected chi connectivity index (χ0v) is 36.4. The molecule has 6 heteroatoms. The molecule has 4 nitrogen and oxygen atoms in total. The SMILES string of the molecule is CCC(CC)C(=O)/C=C(\O)C(CC)CC.Cc1oc2cc(-c3cc(-c4[c-]c5ccccc5c(C(C)(C)C)c4)nc4ccsc34)ccc2c1CC(C)C.[Ir]. The molecule has 3 aromatic carbocycles. The van der Waals surface area contributed by atoms with Gasteiger partial charge in [-0.3, -0.25) is 9.78 Å². The molecule has 0 spiro atoms. The molecule has 53 heavy (non-hydrogen) atoms. The second kappa shape index (κ2) is 18.2. The molecular weight excluding hydrogens is 851 g/mol. The number of rotatable bonds is 11. The van der Waals surface area contributed by atoms with Crippen molar-refractivity contribution in [3.63, 3.8) is 0 Å². The van der Waals surface area contributed by atoms with Gasteiger partial charge in [-0.15, -0.1) is 40.5 Å². The predicted octanol–water partition coefficient (Wildman–Crippen LogP) is 14.0. The van der Waals surface area contributed by atoms with Crippen molar-refractivity contribution >= 4 is 49.1 Å². The molecule has 0 atom stereocenters. The van der Waals surface area contributed by atoms with E-state index in [1.165, 1.54) is 38.2 Å². The summed E-state index contributed by atoms with van der Waals surface area (Å²) in [6.45, 7) is 21.5. The van der Waals surface area contributed by atoms with E-state index in [0.717, 1.165) is 71.2 Å². The number of ketones is 1. The number of carbonyl (C=O) groups is 1. The standard InChI is InChI=1S/C34H32NOS.C13H24O2.Ir/c1-20(2)15-27-21(3)36-32-18-23(11-12-26(27)32)28-19-31(35-30-13-14-37-33(28)30)24-16-22-9-7-8-10-25(22)29(17-24)34(4,5)6;1-5-10(6-2)12(14)9-13(15)11(7-3)8-4;/h7-14,17-20H,15H2,1-6H3;9-11,14H,5-8H2,1-4H3;/q-1;;/b;12-9-;. The van der Waals surface area contributed by atoms with Crippen LogP contribution in [0.3, 0.4) is 0 Å². The third kappa shape index (κ3) is 9.57. The zero-order valence-electron chi connectivity index (χ0n) is 33.1. The molecular formula is C47H56IrNO3S-. The van der Waals surface area contributed by atoms with Crippen LogP contribution in [0.2, 0.25) is 0 Å². The van der Waals surface area contributed by atoms with E-state index < -0.39 is 0 Å². The Morgan fingerprint density at radius 1 is 0.925 bits per heavy atom. The van der Waals surface area contributed by atoms with Crippen molar-refractivity contribution in [3.8, 4) is 22.4 Å². The second-order valence-electron chi connectivity index (χ2n) is 15.5. The summed E-state index contributed by atoms with van der Waals surface area (Å²) in [5, 5.41) is 15.5. The largest absolute Gasteiger partial charge is 0.512 e. The molecule has 1 radical (unpaired) electrons. The number of hydrogen-bond donors (Lipinski definition) is 1. The van der Waals surface area contributed by atoms with Gasteiger partial charge in [-0.1, -0.05) is 110 Å². The number of furan rings is 1. The van der Waals surface area contributed by atoms with Crippen LogP contribution in [-0.2, 0) is 36.7 Å². The Labute approximate surface area is 334 Å². The summed E-state index contributed by atoms with van der Waals surface area (Å²) in [7, 11) is 0. The molecule has 6 rings (SSSR count). The van der Waals surface area contributed by atoms with Crippen LogP contribution < -0.4 is 0 Å². The maximum atomic E-state index is 11.7. The molecule has 0 unspecified atom stereocenters. The van der Waals surface area contributed by atoms with Gasteiger partial charge < -0.3 is 9.52 Å². The van der Waals surface area contributed by atoms with Crippen molar-refractivity contribution in [2.75, 3.05) is 0 Å². The predicted molar refractivity (Wildman–Crippen MR) is 222 cm³/mol. The van der Waals surface area contributed by atoms with Gasteiger partial charge in [-0.25, -0.2) is 0 Å². The molecule has 0 saturated heterocycles. The molecule has 1 N–H and O–H groups in total. The van der Waals surface area contributed by atoms with E-state index in [1.807, 2.05) is 27.7 Å². The molecule has 6 aromatic rings. The molecule has 283 valence electrons. The Kier molecular flexibility index (Phi) is 14.5. The second-order valence-corrected chi connectivity index (χ2v) is 16.4. The van der Waals surface area contributed by atoms with E-state index in [-0.39, 0.29) is 48.9 Å². The average Bonchev–Trinajstić information content (AvgIpc) is 3.71. The number of pyridine rings is 1. The first-order valence-corrected chi connectivity index (χ1v) is 20.0. The third-order valence-corrected chi connectivity index (χ3v) is 11.2. The van der Waals surface area contributed by atoms with Crippen LogP contribution in [0.4, 0.5) is 0 Å². The Bertz CT molecular complexity index is 2190. The quantitative estimate of drug-likeness (QED) is 0.0799. The molecule has 0 aliphatic rings. The molecule has 0 aliphatic carbocycles. The molecule has 0 bridgehead atoms. The Morgan fingerprint density at radius 3 is 2.25 bits per heavy atom. The summed E-state index contributed by atoms with van der Waals surface area (Å²) in [6.07, 6.45) is 5.93. The summed E-state index contributed by atoms with van der Waals surface area (Å²) in [5.41, 5.74) is 8.97.